The Morgan fingerprint density at radius 3 is 2.86 bits per heavy atom. The topological polar surface area (TPSA) is 123 Å². The third-order valence-corrected chi connectivity index (χ3v) is 7.63. The van der Waals surface area contributed by atoms with Gasteiger partial charge in [0.2, 0.25) is 0 Å². The maximum atomic E-state index is 12.6. The molecule has 11 nitrogen and oxygen atoms in total. The number of halogens is 1. The highest BCUT2D eigenvalue weighted by Gasteiger charge is 2.33. The number of ether oxygens (including phenoxy) is 1. The van der Waals surface area contributed by atoms with Crippen molar-refractivity contribution in [2.75, 3.05) is 30.8 Å². The molecule has 3 aromatic heterocycles. The first-order valence-corrected chi connectivity index (χ1v) is 15.2. The first kappa shape index (κ1) is 21.2. The molecule has 3 aromatic rings. The van der Waals surface area contributed by atoms with E-state index in [-0.39, 0.29) is 29.3 Å². The molecular formula is C22H30ClN9O2Si. The average Bonchev–Trinajstić information content (AvgIpc) is 3.23. The number of amides is 1. The van der Waals surface area contributed by atoms with Gasteiger partial charge in [-0.1, -0.05) is 31.2 Å². The zero-order valence-corrected chi connectivity index (χ0v) is 22.0. The van der Waals surface area contributed by atoms with Crippen LogP contribution in [0.1, 0.15) is 33.3 Å². The lowest BCUT2D eigenvalue weighted by Gasteiger charge is -2.33. The second-order valence-electron chi connectivity index (χ2n) is 9.51. The van der Waals surface area contributed by atoms with Crippen molar-refractivity contribution in [1.29, 1.82) is 0 Å². The number of hydrogen-bond acceptors (Lipinski definition) is 9. The van der Waals surface area contributed by atoms with Crippen LogP contribution < -0.4 is 15.5 Å². The third kappa shape index (κ3) is 5.28. The second-order valence-corrected chi connectivity index (χ2v) is 15.5. The zero-order valence-electron chi connectivity index (χ0n) is 23.3. The molecule has 4 heterocycles. The van der Waals surface area contributed by atoms with E-state index in [0.717, 1.165) is 17.3 Å². The van der Waals surface area contributed by atoms with Crippen LogP contribution in [-0.2, 0) is 11.5 Å². The Morgan fingerprint density at radius 2 is 2.11 bits per heavy atom. The number of nitrogens with zero attached hydrogens (tertiary/aromatic N) is 7. The average molecular weight is 519 g/mol. The molecule has 0 radical (unpaired) electrons. The molecule has 4 rings (SSSR count). The molecule has 1 atom stereocenters. The number of nitrogens with one attached hydrogen (secondary N) is 2. The van der Waals surface area contributed by atoms with Crippen LogP contribution in [0.2, 0.25) is 30.8 Å². The number of carbonyl (C=O) groups excluding carboxylic acids is 1. The first-order valence-electron chi connectivity index (χ1n) is 12.6. The van der Waals surface area contributed by atoms with Crippen molar-refractivity contribution in [3.8, 4) is 11.3 Å². The van der Waals surface area contributed by atoms with Crippen molar-refractivity contribution in [2.24, 2.45) is 0 Å². The van der Waals surface area contributed by atoms with E-state index in [1.54, 1.807) is 11.0 Å². The fourth-order valence-electron chi connectivity index (χ4n) is 3.70. The number of anilines is 3. The standard InChI is InChI=1S/C22H30ClN9O2Si/c1-13-17-18(30-32(29-17)12-34-9-10-35(4,5)6)14-7-8-25-21(20(14)31(13)3)26-15-11-16(23)27-28-19(15)22(33)24-2/h7-8,11,13H,9-10,12H2,1-6H3,(H,24,33)(H,25,26,27)/i2D3. The Morgan fingerprint density at radius 1 is 1.31 bits per heavy atom. The Balaban J connectivity index is 1.66. The van der Waals surface area contributed by atoms with E-state index in [9.17, 15) is 4.79 Å². The van der Waals surface area contributed by atoms with Crippen LogP contribution in [-0.4, -0.2) is 64.8 Å². The molecule has 1 aliphatic heterocycles. The molecule has 1 aliphatic rings. The van der Waals surface area contributed by atoms with Gasteiger partial charge < -0.3 is 20.3 Å². The summed E-state index contributed by atoms with van der Waals surface area (Å²) in [4.78, 5) is 20.6. The van der Waals surface area contributed by atoms with Gasteiger partial charge in [-0.25, -0.2) is 4.98 Å². The Labute approximate surface area is 214 Å². The summed E-state index contributed by atoms with van der Waals surface area (Å²) in [6.07, 6.45) is 1.61. The predicted molar refractivity (Wildman–Crippen MR) is 138 cm³/mol. The van der Waals surface area contributed by atoms with Gasteiger partial charge in [0.1, 0.15) is 11.4 Å². The van der Waals surface area contributed by atoms with Crippen molar-refractivity contribution < 1.29 is 13.6 Å². The van der Waals surface area contributed by atoms with Gasteiger partial charge in [-0.3, -0.25) is 4.79 Å². The van der Waals surface area contributed by atoms with Crippen LogP contribution in [0.25, 0.3) is 11.3 Å². The van der Waals surface area contributed by atoms with Crippen LogP contribution in [0.3, 0.4) is 0 Å². The molecule has 0 saturated carbocycles. The van der Waals surface area contributed by atoms with Crippen LogP contribution in [0, 0.1) is 0 Å². The molecule has 0 aliphatic carbocycles. The summed E-state index contributed by atoms with van der Waals surface area (Å²) in [5.74, 6) is -0.530. The summed E-state index contributed by atoms with van der Waals surface area (Å²) in [6, 6.07) is 4.13. The fourth-order valence-corrected chi connectivity index (χ4v) is 4.61. The number of carbonyl (C=O) groups is 1. The Kier molecular flexibility index (Phi) is 5.98. The van der Waals surface area contributed by atoms with Crippen LogP contribution in [0.4, 0.5) is 17.2 Å². The maximum Gasteiger partial charge on any atom is 0.273 e. The molecule has 0 spiro atoms. The van der Waals surface area contributed by atoms with E-state index in [4.69, 9.17) is 25.5 Å². The first-order chi connectivity index (χ1) is 17.7. The Bertz CT molecular complexity index is 1350. The summed E-state index contributed by atoms with van der Waals surface area (Å²) in [5.41, 5.74) is 2.92. The summed E-state index contributed by atoms with van der Waals surface area (Å²) in [7, 11) is 0.703. The highest BCUT2D eigenvalue weighted by Crippen LogP contribution is 2.45. The monoisotopic (exact) mass is 518 g/mol. The van der Waals surface area contributed by atoms with Crippen molar-refractivity contribution in [1.82, 2.24) is 35.5 Å². The molecule has 0 saturated heterocycles. The van der Waals surface area contributed by atoms with Crippen molar-refractivity contribution >= 4 is 42.8 Å². The summed E-state index contributed by atoms with van der Waals surface area (Å²) < 4.78 is 27.8. The lowest BCUT2D eigenvalue weighted by Crippen LogP contribution is -2.28. The Hall–Kier alpha value is -3.09. The molecule has 186 valence electrons. The number of aromatic nitrogens is 6. The normalized spacial score (nSPS) is 16.6. The SMILES string of the molecule is [2H]C([2H])([2H])NC(=O)c1nnc(Cl)cc1Nc1nccc2c1N(C)C(C)c1nn(COCC[Si](C)(C)C)nc1-2. The molecule has 1 unspecified atom stereocenters. The van der Waals surface area contributed by atoms with E-state index in [0.29, 0.717) is 23.8 Å². The van der Waals surface area contributed by atoms with E-state index in [1.807, 2.05) is 30.3 Å². The van der Waals surface area contributed by atoms with Gasteiger partial charge in [0.05, 0.1) is 17.4 Å². The molecule has 0 fully saturated rings. The maximum absolute atomic E-state index is 12.6. The molecule has 13 heteroatoms. The quantitative estimate of drug-likeness (QED) is 0.339. The number of hydrogen-bond donors (Lipinski definition) is 2. The minimum atomic E-state index is -2.70. The molecule has 0 aromatic carbocycles. The van der Waals surface area contributed by atoms with Crippen LogP contribution in [0.15, 0.2) is 18.3 Å². The van der Waals surface area contributed by atoms with Gasteiger partial charge in [-0.2, -0.15) is 15.0 Å². The van der Waals surface area contributed by atoms with Gasteiger partial charge in [0.15, 0.2) is 23.4 Å². The van der Waals surface area contributed by atoms with E-state index >= 15 is 0 Å². The van der Waals surface area contributed by atoms with Gasteiger partial charge >= 0.3 is 0 Å². The van der Waals surface area contributed by atoms with Gasteiger partial charge in [-0.15, -0.1) is 10.2 Å². The smallest absolute Gasteiger partial charge is 0.273 e. The van der Waals surface area contributed by atoms with E-state index in [2.05, 4.69) is 45.2 Å². The van der Waals surface area contributed by atoms with Crippen molar-refractivity contribution in [3.63, 3.8) is 0 Å². The lowest BCUT2D eigenvalue weighted by molar-refractivity contribution is 0.0683. The van der Waals surface area contributed by atoms with Crippen LogP contribution in [0.5, 0.6) is 0 Å². The highest BCUT2D eigenvalue weighted by atomic mass is 35.5. The van der Waals surface area contributed by atoms with Gasteiger partial charge in [0, 0.05) is 50.6 Å². The largest absolute Gasteiger partial charge is 0.363 e. The molecule has 35 heavy (non-hydrogen) atoms. The fraction of sp³-hybridized carbons (Fsp3) is 0.455. The summed E-state index contributed by atoms with van der Waals surface area (Å²) >= 11 is 6.04. The highest BCUT2D eigenvalue weighted by molar-refractivity contribution is 6.76. The number of fused-ring (bicyclic) bond motifs is 3. The number of rotatable bonds is 8. The number of pyridine rings is 1. The second kappa shape index (κ2) is 9.88. The summed E-state index contributed by atoms with van der Waals surface area (Å²) in [5, 5.41) is 21.9. The van der Waals surface area contributed by atoms with E-state index < -0.39 is 21.0 Å². The molecular weight excluding hydrogens is 486 g/mol. The van der Waals surface area contributed by atoms with Gasteiger partial charge in [0.25, 0.3) is 5.91 Å². The zero-order chi connectivity index (χ0) is 27.8. The van der Waals surface area contributed by atoms with Gasteiger partial charge in [-0.05, 0) is 19.0 Å². The summed E-state index contributed by atoms with van der Waals surface area (Å²) in [6.45, 7) is 7.12. The minimum Gasteiger partial charge on any atom is -0.363 e. The van der Waals surface area contributed by atoms with Crippen molar-refractivity contribution in [2.45, 2.75) is 45.4 Å². The van der Waals surface area contributed by atoms with Crippen LogP contribution >= 0.6 is 11.6 Å². The third-order valence-electron chi connectivity index (χ3n) is 5.74. The van der Waals surface area contributed by atoms with E-state index in [1.165, 1.54) is 6.07 Å². The predicted octanol–water partition coefficient (Wildman–Crippen LogP) is 3.71. The molecule has 1 amide bonds. The lowest BCUT2D eigenvalue weighted by atomic mass is 9.99. The van der Waals surface area contributed by atoms with Crippen molar-refractivity contribution in [3.05, 3.63) is 34.9 Å². The molecule has 0 bridgehead atoms. The molecule has 2 N–H and O–H groups in total. The minimum absolute atomic E-state index is 0.0174.